The number of carboxylic acid groups (broad SMARTS) is 1. The van der Waals surface area contributed by atoms with Crippen molar-refractivity contribution in [2.24, 2.45) is 0 Å². The SMILES string of the molecule is CC1(OCC(=O)O)CN(C(=O)Cc2ccc(Cl)c(Cl)c2)C1. The molecule has 1 N–H and O–H groups in total. The Kier molecular flexibility index (Phi) is 4.76. The number of likely N-dealkylation sites (tertiary alicyclic amines) is 1. The molecule has 2 rings (SSSR count). The predicted molar refractivity (Wildman–Crippen MR) is 78.7 cm³/mol. The van der Waals surface area contributed by atoms with Gasteiger partial charge in [0.05, 0.1) is 29.6 Å². The van der Waals surface area contributed by atoms with Crippen LogP contribution in [-0.4, -0.2) is 47.2 Å². The van der Waals surface area contributed by atoms with Gasteiger partial charge in [0.25, 0.3) is 0 Å². The molecule has 1 aliphatic heterocycles. The monoisotopic (exact) mass is 331 g/mol. The van der Waals surface area contributed by atoms with Gasteiger partial charge in [-0.3, -0.25) is 4.79 Å². The van der Waals surface area contributed by atoms with Gasteiger partial charge in [0.2, 0.25) is 5.91 Å². The average molecular weight is 332 g/mol. The van der Waals surface area contributed by atoms with E-state index in [-0.39, 0.29) is 18.9 Å². The first-order valence-corrected chi connectivity index (χ1v) is 7.12. The Bertz CT molecular complexity index is 570. The largest absolute Gasteiger partial charge is 0.480 e. The van der Waals surface area contributed by atoms with Gasteiger partial charge in [-0.05, 0) is 24.6 Å². The van der Waals surface area contributed by atoms with Gasteiger partial charge in [0.1, 0.15) is 12.2 Å². The number of carboxylic acids is 1. The molecule has 7 heteroatoms. The topological polar surface area (TPSA) is 66.8 Å². The number of hydrogen-bond donors (Lipinski definition) is 1. The maximum Gasteiger partial charge on any atom is 0.329 e. The van der Waals surface area contributed by atoms with Gasteiger partial charge in [-0.15, -0.1) is 0 Å². The summed E-state index contributed by atoms with van der Waals surface area (Å²) in [5.41, 5.74) is 0.209. The summed E-state index contributed by atoms with van der Waals surface area (Å²) in [4.78, 5) is 24.2. The third-order valence-corrected chi connectivity index (χ3v) is 4.03. The zero-order valence-electron chi connectivity index (χ0n) is 11.4. The molecule has 5 nitrogen and oxygen atoms in total. The number of aliphatic carboxylic acids is 1. The van der Waals surface area contributed by atoms with Crippen LogP contribution in [-0.2, 0) is 20.7 Å². The number of carbonyl (C=O) groups excluding carboxylic acids is 1. The summed E-state index contributed by atoms with van der Waals surface area (Å²) >= 11 is 11.7. The second-order valence-corrected chi connectivity index (χ2v) is 6.12. The first-order chi connectivity index (χ1) is 9.79. The maximum absolute atomic E-state index is 12.1. The molecule has 1 aliphatic rings. The molecule has 0 saturated carbocycles. The van der Waals surface area contributed by atoms with Crippen LogP contribution < -0.4 is 0 Å². The van der Waals surface area contributed by atoms with Gasteiger partial charge >= 0.3 is 5.97 Å². The molecule has 0 spiro atoms. The van der Waals surface area contributed by atoms with Crippen LogP contribution >= 0.6 is 23.2 Å². The van der Waals surface area contributed by atoms with Gasteiger partial charge in [-0.2, -0.15) is 0 Å². The quantitative estimate of drug-likeness (QED) is 0.898. The molecule has 1 saturated heterocycles. The normalized spacial score (nSPS) is 16.4. The van der Waals surface area contributed by atoms with Crippen molar-refractivity contribution in [3.63, 3.8) is 0 Å². The van der Waals surface area contributed by atoms with Crippen LogP contribution in [0, 0.1) is 0 Å². The summed E-state index contributed by atoms with van der Waals surface area (Å²) < 4.78 is 5.26. The molecule has 1 aromatic rings. The van der Waals surface area contributed by atoms with Crippen molar-refractivity contribution in [1.82, 2.24) is 4.90 Å². The van der Waals surface area contributed by atoms with Crippen LogP contribution in [0.5, 0.6) is 0 Å². The molecule has 1 heterocycles. The number of amides is 1. The number of halogens is 2. The number of benzene rings is 1. The minimum absolute atomic E-state index is 0.0511. The Morgan fingerprint density at radius 2 is 2.00 bits per heavy atom. The van der Waals surface area contributed by atoms with E-state index in [0.29, 0.717) is 23.1 Å². The molecule has 0 bridgehead atoms. The summed E-state index contributed by atoms with van der Waals surface area (Å²) in [6.07, 6.45) is 0.228. The number of ether oxygens (including phenoxy) is 1. The first kappa shape index (κ1) is 16.1. The molecule has 1 amide bonds. The Morgan fingerprint density at radius 3 is 2.57 bits per heavy atom. The van der Waals surface area contributed by atoms with Crippen molar-refractivity contribution in [1.29, 1.82) is 0 Å². The smallest absolute Gasteiger partial charge is 0.329 e. The van der Waals surface area contributed by atoms with Crippen LogP contribution in [0.3, 0.4) is 0 Å². The fourth-order valence-corrected chi connectivity index (χ4v) is 2.52. The fraction of sp³-hybridized carbons (Fsp3) is 0.429. The fourth-order valence-electron chi connectivity index (χ4n) is 2.20. The molecule has 0 aromatic heterocycles. The van der Waals surface area contributed by atoms with E-state index in [4.69, 9.17) is 33.0 Å². The van der Waals surface area contributed by atoms with Crippen LogP contribution in [0.2, 0.25) is 10.0 Å². The number of nitrogens with zero attached hydrogens (tertiary/aromatic N) is 1. The summed E-state index contributed by atoms with van der Waals surface area (Å²) in [6.45, 7) is 2.21. The molecule has 0 aliphatic carbocycles. The molecular weight excluding hydrogens is 317 g/mol. The van der Waals surface area contributed by atoms with Crippen molar-refractivity contribution in [3.05, 3.63) is 33.8 Å². The zero-order chi connectivity index (χ0) is 15.6. The molecule has 21 heavy (non-hydrogen) atoms. The molecule has 1 fully saturated rings. The Hall–Kier alpha value is -1.30. The summed E-state index contributed by atoms with van der Waals surface area (Å²) in [5.74, 6) is -1.07. The third-order valence-electron chi connectivity index (χ3n) is 3.29. The van der Waals surface area contributed by atoms with E-state index in [2.05, 4.69) is 0 Å². The lowest BCUT2D eigenvalue weighted by molar-refractivity contribution is -0.172. The minimum atomic E-state index is -1.02. The lowest BCUT2D eigenvalue weighted by Gasteiger charge is -2.47. The van der Waals surface area contributed by atoms with Gasteiger partial charge < -0.3 is 14.7 Å². The molecule has 114 valence electrons. The second kappa shape index (κ2) is 6.22. The zero-order valence-corrected chi connectivity index (χ0v) is 12.9. The Morgan fingerprint density at radius 1 is 1.33 bits per heavy atom. The average Bonchev–Trinajstić information content (AvgIpc) is 2.37. The van der Waals surface area contributed by atoms with E-state index in [9.17, 15) is 9.59 Å². The van der Waals surface area contributed by atoms with Crippen LogP contribution in [0.4, 0.5) is 0 Å². The van der Waals surface area contributed by atoms with E-state index < -0.39 is 11.6 Å². The second-order valence-electron chi connectivity index (χ2n) is 5.31. The van der Waals surface area contributed by atoms with Gasteiger partial charge in [-0.1, -0.05) is 29.3 Å². The molecule has 0 unspecified atom stereocenters. The Balaban J connectivity index is 1.86. The van der Waals surface area contributed by atoms with Crippen molar-refractivity contribution >= 4 is 35.1 Å². The van der Waals surface area contributed by atoms with E-state index in [1.54, 1.807) is 30.0 Å². The number of rotatable bonds is 5. The minimum Gasteiger partial charge on any atom is -0.480 e. The highest BCUT2D eigenvalue weighted by molar-refractivity contribution is 6.42. The summed E-state index contributed by atoms with van der Waals surface area (Å²) in [7, 11) is 0. The highest BCUT2D eigenvalue weighted by atomic mass is 35.5. The summed E-state index contributed by atoms with van der Waals surface area (Å²) in [6, 6.07) is 5.08. The molecular formula is C14H15Cl2NO4. The molecule has 1 aromatic carbocycles. The summed E-state index contributed by atoms with van der Waals surface area (Å²) in [5, 5.41) is 9.45. The van der Waals surface area contributed by atoms with Crippen molar-refractivity contribution in [2.45, 2.75) is 18.9 Å². The predicted octanol–water partition coefficient (Wildman–Crippen LogP) is 2.24. The van der Waals surface area contributed by atoms with Crippen LogP contribution in [0.15, 0.2) is 18.2 Å². The third kappa shape index (κ3) is 4.09. The van der Waals surface area contributed by atoms with Gasteiger partial charge in [0, 0.05) is 0 Å². The van der Waals surface area contributed by atoms with E-state index in [0.717, 1.165) is 5.56 Å². The van der Waals surface area contributed by atoms with Gasteiger partial charge in [0.15, 0.2) is 0 Å². The lowest BCUT2D eigenvalue weighted by Crippen LogP contribution is -2.63. The molecule has 0 atom stereocenters. The van der Waals surface area contributed by atoms with E-state index in [1.807, 2.05) is 0 Å². The Labute approximate surface area is 132 Å². The maximum atomic E-state index is 12.1. The van der Waals surface area contributed by atoms with Crippen molar-refractivity contribution in [2.75, 3.05) is 19.7 Å². The van der Waals surface area contributed by atoms with Crippen LogP contribution in [0.25, 0.3) is 0 Å². The highest BCUT2D eigenvalue weighted by Crippen LogP contribution is 2.27. The van der Waals surface area contributed by atoms with Crippen molar-refractivity contribution in [3.8, 4) is 0 Å². The van der Waals surface area contributed by atoms with Crippen LogP contribution in [0.1, 0.15) is 12.5 Å². The van der Waals surface area contributed by atoms with Crippen molar-refractivity contribution < 1.29 is 19.4 Å². The lowest BCUT2D eigenvalue weighted by atomic mass is 9.95. The van der Waals surface area contributed by atoms with E-state index >= 15 is 0 Å². The van der Waals surface area contributed by atoms with Gasteiger partial charge in [-0.25, -0.2) is 4.79 Å². The standard InChI is InChI=1S/C14H15Cl2NO4/c1-14(21-6-13(19)20)7-17(8-14)12(18)5-9-2-3-10(15)11(16)4-9/h2-4H,5-8H2,1H3,(H,19,20). The molecule has 0 radical (unpaired) electrons. The van der Waals surface area contributed by atoms with E-state index in [1.165, 1.54) is 0 Å². The first-order valence-electron chi connectivity index (χ1n) is 6.36. The highest BCUT2D eigenvalue weighted by Gasteiger charge is 2.42. The number of hydrogen-bond acceptors (Lipinski definition) is 3. The number of carbonyl (C=O) groups is 2.